The maximum absolute atomic E-state index is 5.53. The molecule has 0 bridgehead atoms. The first-order valence-electron chi connectivity index (χ1n) is 7.26. The van der Waals surface area contributed by atoms with Crippen molar-refractivity contribution in [3.05, 3.63) is 11.9 Å². The van der Waals surface area contributed by atoms with Crippen LogP contribution < -0.4 is 10.1 Å². The maximum Gasteiger partial charge on any atom is 0.161 e. The van der Waals surface area contributed by atoms with Crippen LogP contribution >= 0.6 is 11.8 Å². The highest BCUT2D eigenvalue weighted by atomic mass is 32.2. The van der Waals surface area contributed by atoms with Crippen LogP contribution in [-0.4, -0.2) is 34.4 Å². The van der Waals surface area contributed by atoms with E-state index in [1.165, 1.54) is 24.3 Å². The zero-order valence-corrected chi connectivity index (χ0v) is 13.0. The van der Waals surface area contributed by atoms with Crippen molar-refractivity contribution < 1.29 is 4.74 Å². The first kappa shape index (κ1) is 14.7. The second-order valence-corrected chi connectivity index (χ2v) is 6.26. The Bertz CT molecular complexity index is 388. The molecule has 1 aliphatic heterocycles. The Balaban J connectivity index is 2.30. The lowest BCUT2D eigenvalue weighted by atomic mass is 10.1. The number of hydrogen-bond donors (Lipinski definition) is 1. The Morgan fingerprint density at radius 2 is 2.42 bits per heavy atom. The van der Waals surface area contributed by atoms with Gasteiger partial charge in [0.25, 0.3) is 0 Å². The van der Waals surface area contributed by atoms with Crippen LogP contribution in [0.3, 0.4) is 0 Å². The molecule has 2 heterocycles. The lowest BCUT2D eigenvalue weighted by Crippen LogP contribution is -2.31. The van der Waals surface area contributed by atoms with Crippen molar-refractivity contribution >= 4 is 11.8 Å². The second kappa shape index (κ2) is 7.20. The third-order valence-corrected chi connectivity index (χ3v) is 5.02. The van der Waals surface area contributed by atoms with E-state index < -0.39 is 0 Å². The molecule has 0 spiro atoms. The number of nitrogens with zero attached hydrogens (tertiary/aromatic N) is 2. The average Bonchev–Trinajstić information content (AvgIpc) is 3.06. The number of hydrogen-bond acceptors (Lipinski definition) is 4. The molecule has 0 aliphatic carbocycles. The van der Waals surface area contributed by atoms with Crippen LogP contribution in [0, 0.1) is 0 Å². The Kier molecular flexibility index (Phi) is 5.58. The van der Waals surface area contributed by atoms with Crippen LogP contribution in [0.1, 0.15) is 44.8 Å². The molecule has 0 radical (unpaired) electrons. The predicted molar refractivity (Wildman–Crippen MR) is 81.0 cm³/mol. The lowest BCUT2D eigenvalue weighted by Gasteiger charge is -2.25. The molecule has 1 aromatic rings. The molecule has 0 aromatic carbocycles. The van der Waals surface area contributed by atoms with E-state index in [1.54, 1.807) is 7.11 Å². The summed E-state index contributed by atoms with van der Waals surface area (Å²) in [5, 5.41) is 8.77. The van der Waals surface area contributed by atoms with Gasteiger partial charge in [-0.05, 0) is 31.6 Å². The summed E-state index contributed by atoms with van der Waals surface area (Å²) in [5.74, 6) is 2.20. The topological polar surface area (TPSA) is 39.1 Å². The van der Waals surface area contributed by atoms with Crippen LogP contribution in [0.5, 0.6) is 5.75 Å². The first-order valence-corrected chi connectivity index (χ1v) is 8.31. The van der Waals surface area contributed by atoms with Gasteiger partial charge in [0.1, 0.15) is 0 Å². The summed E-state index contributed by atoms with van der Waals surface area (Å²) in [6.07, 6.45) is 5.55. The van der Waals surface area contributed by atoms with E-state index in [0.717, 1.165) is 25.3 Å². The maximum atomic E-state index is 5.53. The molecule has 4 nitrogen and oxygen atoms in total. The molecule has 1 saturated heterocycles. The Morgan fingerprint density at radius 1 is 1.58 bits per heavy atom. The highest BCUT2D eigenvalue weighted by molar-refractivity contribution is 8.00. The van der Waals surface area contributed by atoms with Gasteiger partial charge in [-0.2, -0.15) is 16.9 Å². The smallest absolute Gasteiger partial charge is 0.161 e. The molecule has 2 rings (SSSR count). The van der Waals surface area contributed by atoms with Gasteiger partial charge in [-0.1, -0.05) is 13.8 Å². The Hall–Kier alpha value is -0.680. The molecule has 1 aromatic heterocycles. The molecule has 2 atom stereocenters. The third kappa shape index (κ3) is 3.26. The van der Waals surface area contributed by atoms with Crippen LogP contribution in [0.15, 0.2) is 6.20 Å². The van der Waals surface area contributed by atoms with E-state index in [9.17, 15) is 0 Å². The number of thioether (sulfide) groups is 1. The van der Waals surface area contributed by atoms with E-state index >= 15 is 0 Å². The summed E-state index contributed by atoms with van der Waals surface area (Å²) in [6, 6.07) is 0.349. The number of aryl methyl sites for hydroxylation is 1. The number of rotatable bonds is 7. The second-order valence-electron chi connectivity index (χ2n) is 4.91. The molecule has 2 unspecified atom stereocenters. The van der Waals surface area contributed by atoms with E-state index in [0.29, 0.717) is 11.3 Å². The van der Waals surface area contributed by atoms with Crippen molar-refractivity contribution in [3.8, 4) is 5.75 Å². The number of methoxy groups -OCH3 is 1. The minimum absolute atomic E-state index is 0.349. The first-order chi connectivity index (χ1) is 9.31. The molecule has 1 N–H and O–H groups in total. The van der Waals surface area contributed by atoms with Gasteiger partial charge >= 0.3 is 0 Å². The minimum atomic E-state index is 0.349. The van der Waals surface area contributed by atoms with Gasteiger partial charge in [-0.3, -0.25) is 4.68 Å². The molecular weight excluding hydrogens is 258 g/mol. The Morgan fingerprint density at radius 3 is 3.00 bits per heavy atom. The SMILES string of the molecule is CCCn1ncc(OC)c1C(NCC)C1CCCS1. The third-order valence-electron chi connectivity index (χ3n) is 3.56. The van der Waals surface area contributed by atoms with Gasteiger partial charge in [-0.25, -0.2) is 0 Å². The van der Waals surface area contributed by atoms with Crippen molar-refractivity contribution in [1.29, 1.82) is 0 Å². The summed E-state index contributed by atoms with van der Waals surface area (Å²) in [6.45, 7) is 6.28. The fourth-order valence-electron chi connectivity index (χ4n) is 2.73. The summed E-state index contributed by atoms with van der Waals surface area (Å²) < 4.78 is 7.64. The summed E-state index contributed by atoms with van der Waals surface area (Å²) in [5.41, 5.74) is 1.23. The molecule has 5 heteroatoms. The molecule has 19 heavy (non-hydrogen) atoms. The van der Waals surface area contributed by atoms with E-state index in [-0.39, 0.29) is 0 Å². The van der Waals surface area contributed by atoms with Crippen molar-refractivity contribution in [2.24, 2.45) is 0 Å². The van der Waals surface area contributed by atoms with E-state index in [1.807, 2.05) is 6.20 Å². The summed E-state index contributed by atoms with van der Waals surface area (Å²) >= 11 is 2.08. The molecule has 108 valence electrons. The monoisotopic (exact) mass is 283 g/mol. The van der Waals surface area contributed by atoms with Crippen molar-refractivity contribution in [2.45, 2.75) is 50.9 Å². The van der Waals surface area contributed by atoms with Crippen LogP contribution in [0.4, 0.5) is 0 Å². The lowest BCUT2D eigenvalue weighted by molar-refractivity contribution is 0.386. The fraction of sp³-hybridized carbons (Fsp3) is 0.786. The Labute approximate surface area is 120 Å². The van der Waals surface area contributed by atoms with Gasteiger partial charge in [-0.15, -0.1) is 0 Å². The van der Waals surface area contributed by atoms with Crippen LogP contribution in [-0.2, 0) is 6.54 Å². The molecule has 1 aliphatic rings. The summed E-state index contributed by atoms with van der Waals surface area (Å²) in [4.78, 5) is 0. The van der Waals surface area contributed by atoms with Crippen LogP contribution in [0.2, 0.25) is 0 Å². The molecular formula is C14H25N3OS. The van der Waals surface area contributed by atoms with Crippen molar-refractivity contribution in [3.63, 3.8) is 0 Å². The van der Waals surface area contributed by atoms with Crippen molar-refractivity contribution in [1.82, 2.24) is 15.1 Å². The summed E-state index contributed by atoms with van der Waals surface area (Å²) in [7, 11) is 1.74. The standard InChI is InChI=1S/C14H25N3OS/c1-4-8-17-14(11(18-3)10-16-17)13(15-5-2)12-7-6-9-19-12/h10,12-13,15H,4-9H2,1-3H3. The molecule has 0 amide bonds. The normalized spacial score (nSPS) is 20.7. The highest BCUT2D eigenvalue weighted by Gasteiger charge is 2.31. The van der Waals surface area contributed by atoms with Gasteiger partial charge < -0.3 is 10.1 Å². The molecule has 1 fully saturated rings. The van der Waals surface area contributed by atoms with Gasteiger partial charge in [0.2, 0.25) is 0 Å². The van der Waals surface area contributed by atoms with Gasteiger partial charge in [0.05, 0.1) is 25.0 Å². The number of ether oxygens (including phenoxy) is 1. The fourth-order valence-corrected chi connectivity index (χ4v) is 4.12. The number of nitrogens with one attached hydrogen (secondary N) is 1. The van der Waals surface area contributed by atoms with Crippen LogP contribution in [0.25, 0.3) is 0 Å². The zero-order chi connectivity index (χ0) is 13.7. The van der Waals surface area contributed by atoms with Gasteiger partial charge in [0.15, 0.2) is 5.75 Å². The quantitative estimate of drug-likeness (QED) is 0.835. The van der Waals surface area contributed by atoms with E-state index in [2.05, 4.69) is 40.7 Å². The van der Waals surface area contributed by atoms with E-state index in [4.69, 9.17) is 4.74 Å². The minimum Gasteiger partial charge on any atom is -0.493 e. The van der Waals surface area contributed by atoms with Crippen molar-refractivity contribution in [2.75, 3.05) is 19.4 Å². The van der Waals surface area contributed by atoms with Gasteiger partial charge in [0, 0.05) is 11.8 Å². The average molecular weight is 283 g/mol. The predicted octanol–water partition coefficient (Wildman–Crippen LogP) is 2.85. The largest absolute Gasteiger partial charge is 0.493 e. The highest BCUT2D eigenvalue weighted by Crippen LogP contribution is 2.39. The number of aromatic nitrogens is 2. The molecule has 0 saturated carbocycles. The zero-order valence-electron chi connectivity index (χ0n) is 12.2.